The van der Waals surface area contributed by atoms with Crippen molar-refractivity contribution in [3.63, 3.8) is 0 Å². The van der Waals surface area contributed by atoms with Gasteiger partial charge in [-0.15, -0.1) is 0 Å². The summed E-state index contributed by atoms with van der Waals surface area (Å²) in [6.07, 6.45) is 1.12. The highest BCUT2D eigenvalue weighted by Gasteiger charge is 2.39. The molecule has 1 saturated heterocycles. The minimum atomic E-state index is -3.75. The van der Waals surface area contributed by atoms with Crippen LogP contribution in [-0.4, -0.2) is 38.3 Å². The van der Waals surface area contributed by atoms with Crippen molar-refractivity contribution in [2.75, 3.05) is 19.0 Å². The van der Waals surface area contributed by atoms with E-state index >= 15 is 0 Å². The van der Waals surface area contributed by atoms with Crippen LogP contribution in [0.2, 0.25) is 0 Å². The van der Waals surface area contributed by atoms with E-state index in [9.17, 15) is 13.2 Å². The number of hydrogen-bond donors (Lipinski definition) is 1. The lowest BCUT2D eigenvalue weighted by molar-refractivity contribution is -0.119. The summed E-state index contributed by atoms with van der Waals surface area (Å²) in [6, 6.07) is 11.1. The van der Waals surface area contributed by atoms with Gasteiger partial charge >= 0.3 is 0 Å². The second-order valence-corrected chi connectivity index (χ2v) is 9.23. The van der Waals surface area contributed by atoms with Crippen LogP contribution in [0.4, 0.5) is 5.69 Å². The largest absolute Gasteiger partial charge is 0.495 e. The monoisotopic (exact) mass is 452 g/mol. The highest BCUT2D eigenvalue weighted by molar-refractivity contribution is 9.10. The summed E-state index contributed by atoms with van der Waals surface area (Å²) in [5.41, 5.74) is 1.51. The molecule has 0 aromatic heterocycles. The number of methoxy groups -OCH3 is 1. The summed E-state index contributed by atoms with van der Waals surface area (Å²) in [7, 11) is -2.22. The van der Waals surface area contributed by atoms with E-state index in [1.165, 1.54) is 23.5 Å². The fraction of sp³-hybridized carbons (Fsp3) is 0.316. The number of hydrogen-bond acceptors (Lipinski definition) is 4. The van der Waals surface area contributed by atoms with E-state index < -0.39 is 16.1 Å². The van der Waals surface area contributed by atoms with Gasteiger partial charge in [-0.3, -0.25) is 4.79 Å². The Kier molecular flexibility index (Phi) is 5.88. The van der Waals surface area contributed by atoms with Crippen LogP contribution in [0, 0.1) is 6.92 Å². The Balaban J connectivity index is 1.85. The Morgan fingerprint density at radius 3 is 2.59 bits per heavy atom. The molecule has 27 heavy (non-hydrogen) atoms. The van der Waals surface area contributed by atoms with E-state index in [0.29, 0.717) is 30.8 Å². The average molecular weight is 453 g/mol. The number of benzene rings is 2. The number of rotatable bonds is 5. The first kappa shape index (κ1) is 19.9. The third-order valence-electron chi connectivity index (χ3n) is 4.54. The Morgan fingerprint density at radius 1 is 1.22 bits per heavy atom. The molecule has 1 N–H and O–H groups in total. The number of sulfonamides is 1. The second kappa shape index (κ2) is 8.00. The molecule has 1 fully saturated rings. The number of anilines is 1. The lowest BCUT2D eigenvalue weighted by Gasteiger charge is -2.24. The van der Waals surface area contributed by atoms with Gasteiger partial charge in [0.15, 0.2) is 0 Å². The minimum absolute atomic E-state index is 0.179. The first-order valence-corrected chi connectivity index (χ1v) is 10.8. The molecular formula is C19H21BrN2O4S. The fourth-order valence-corrected chi connectivity index (χ4v) is 5.09. The normalized spacial score (nSPS) is 17.7. The molecule has 0 spiro atoms. The van der Waals surface area contributed by atoms with Gasteiger partial charge in [-0.2, -0.15) is 4.31 Å². The summed E-state index contributed by atoms with van der Waals surface area (Å²) >= 11 is 3.30. The van der Waals surface area contributed by atoms with Crippen molar-refractivity contribution >= 4 is 37.5 Å². The Bertz CT molecular complexity index is 945. The number of aryl methyl sites for hydroxylation is 1. The molecule has 1 amide bonds. The van der Waals surface area contributed by atoms with E-state index in [0.717, 1.165) is 10.0 Å². The van der Waals surface area contributed by atoms with Crippen molar-refractivity contribution in [2.24, 2.45) is 0 Å². The zero-order valence-corrected chi connectivity index (χ0v) is 17.5. The number of amides is 1. The average Bonchev–Trinajstić information content (AvgIpc) is 3.13. The Morgan fingerprint density at radius 2 is 1.93 bits per heavy atom. The molecule has 0 bridgehead atoms. The quantitative estimate of drug-likeness (QED) is 0.752. The Labute approximate surface area is 167 Å². The SMILES string of the molecule is COc1ccc(C)cc1NC(=O)C1CCCN1S(=O)(=O)c1ccc(Br)cc1. The summed E-state index contributed by atoms with van der Waals surface area (Å²) in [4.78, 5) is 13.0. The van der Waals surface area contributed by atoms with Crippen LogP contribution in [0.15, 0.2) is 51.8 Å². The molecule has 1 heterocycles. The summed E-state index contributed by atoms with van der Waals surface area (Å²) in [6.45, 7) is 2.23. The maximum Gasteiger partial charge on any atom is 0.243 e. The third-order valence-corrected chi connectivity index (χ3v) is 6.99. The highest BCUT2D eigenvalue weighted by atomic mass is 79.9. The number of ether oxygens (including phenoxy) is 1. The van der Waals surface area contributed by atoms with E-state index in [-0.39, 0.29) is 10.8 Å². The molecule has 144 valence electrons. The van der Waals surface area contributed by atoms with Crippen LogP contribution in [0.1, 0.15) is 18.4 Å². The van der Waals surface area contributed by atoms with Crippen LogP contribution in [0.25, 0.3) is 0 Å². The van der Waals surface area contributed by atoms with Crippen molar-refractivity contribution in [1.29, 1.82) is 0 Å². The summed E-state index contributed by atoms with van der Waals surface area (Å²) in [5.74, 6) is 0.186. The molecular weight excluding hydrogens is 432 g/mol. The molecule has 6 nitrogen and oxygen atoms in total. The number of carbonyl (C=O) groups excluding carboxylic acids is 1. The van der Waals surface area contributed by atoms with Gasteiger partial charge in [-0.25, -0.2) is 8.42 Å². The molecule has 1 aliphatic heterocycles. The fourth-order valence-electron chi connectivity index (χ4n) is 3.17. The molecule has 0 saturated carbocycles. The lowest BCUT2D eigenvalue weighted by atomic mass is 10.1. The second-order valence-electron chi connectivity index (χ2n) is 6.42. The van der Waals surface area contributed by atoms with Gasteiger partial charge < -0.3 is 10.1 Å². The van der Waals surface area contributed by atoms with Crippen LogP contribution in [0.5, 0.6) is 5.75 Å². The maximum absolute atomic E-state index is 13.0. The molecule has 0 radical (unpaired) electrons. The topological polar surface area (TPSA) is 75.7 Å². The lowest BCUT2D eigenvalue weighted by Crippen LogP contribution is -2.43. The first-order valence-electron chi connectivity index (χ1n) is 8.56. The molecule has 1 aliphatic rings. The molecule has 3 rings (SSSR count). The molecule has 0 aliphatic carbocycles. The zero-order chi connectivity index (χ0) is 19.6. The molecule has 1 unspecified atom stereocenters. The summed E-state index contributed by atoms with van der Waals surface area (Å²) < 4.78 is 33.4. The molecule has 8 heteroatoms. The van der Waals surface area contributed by atoms with E-state index in [2.05, 4.69) is 21.2 Å². The van der Waals surface area contributed by atoms with Crippen molar-refractivity contribution in [3.05, 3.63) is 52.5 Å². The van der Waals surface area contributed by atoms with Crippen molar-refractivity contribution < 1.29 is 17.9 Å². The van der Waals surface area contributed by atoms with Crippen LogP contribution in [-0.2, 0) is 14.8 Å². The van der Waals surface area contributed by atoms with Crippen LogP contribution in [0.3, 0.4) is 0 Å². The van der Waals surface area contributed by atoms with Gasteiger partial charge in [0.2, 0.25) is 15.9 Å². The molecule has 2 aromatic rings. The number of nitrogens with zero attached hydrogens (tertiary/aromatic N) is 1. The van der Waals surface area contributed by atoms with E-state index in [1.54, 1.807) is 24.3 Å². The predicted octanol–water partition coefficient (Wildman–Crippen LogP) is 3.56. The highest BCUT2D eigenvalue weighted by Crippen LogP contribution is 2.30. The number of nitrogens with one attached hydrogen (secondary N) is 1. The van der Waals surface area contributed by atoms with Gasteiger partial charge in [0.25, 0.3) is 0 Å². The van der Waals surface area contributed by atoms with E-state index in [4.69, 9.17) is 4.74 Å². The van der Waals surface area contributed by atoms with Gasteiger partial charge in [-0.05, 0) is 61.7 Å². The first-order chi connectivity index (χ1) is 12.8. The minimum Gasteiger partial charge on any atom is -0.495 e. The van der Waals surface area contributed by atoms with Crippen LogP contribution < -0.4 is 10.1 Å². The van der Waals surface area contributed by atoms with Crippen LogP contribution >= 0.6 is 15.9 Å². The van der Waals surface area contributed by atoms with Gasteiger partial charge in [-0.1, -0.05) is 22.0 Å². The van der Waals surface area contributed by atoms with Gasteiger partial charge in [0.05, 0.1) is 17.7 Å². The van der Waals surface area contributed by atoms with Gasteiger partial charge in [0, 0.05) is 11.0 Å². The zero-order valence-electron chi connectivity index (χ0n) is 15.1. The smallest absolute Gasteiger partial charge is 0.243 e. The standard InChI is InChI=1S/C19H21BrN2O4S/c1-13-5-10-18(26-2)16(12-13)21-19(23)17-4-3-11-22(17)27(24,25)15-8-6-14(20)7-9-15/h5-10,12,17H,3-4,11H2,1-2H3,(H,21,23). The molecule has 2 aromatic carbocycles. The maximum atomic E-state index is 13.0. The Hall–Kier alpha value is -1.90. The van der Waals surface area contributed by atoms with Crippen molar-refractivity contribution in [3.8, 4) is 5.75 Å². The number of halogens is 1. The molecule has 1 atom stereocenters. The van der Waals surface area contributed by atoms with E-state index in [1.807, 2.05) is 13.0 Å². The summed E-state index contributed by atoms with van der Waals surface area (Å²) in [5, 5.41) is 2.83. The number of carbonyl (C=O) groups is 1. The predicted molar refractivity (Wildman–Crippen MR) is 107 cm³/mol. The van der Waals surface area contributed by atoms with Crippen molar-refractivity contribution in [2.45, 2.75) is 30.7 Å². The third kappa shape index (κ3) is 4.17. The van der Waals surface area contributed by atoms with Gasteiger partial charge in [0.1, 0.15) is 11.8 Å². The van der Waals surface area contributed by atoms with Crippen molar-refractivity contribution in [1.82, 2.24) is 4.31 Å².